The maximum Gasteiger partial charge on any atom is 0.325 e. The molecular formula is C15H24N4O3. The monoisotopic (exact) mass is 308 g/mol. The fourth-order valence-corrected chi connectivity index (χ4v) is 3.50. The molecule has 7 heteroatoms. The number of hydrogen-bond donors (Lipinski definition) is 2. The van der Waals surface area contributed by atoms with Crippen molar-refractivity contribution in [2.24, 2.45) is 17.3 Å². The molecule has 122 valence electrons. The largest absolute Gasteiger partial charge is 0.480 e. The first-order valence-electron chi connectivity index (χ1n) is 7.64. The van der Waals surface area contributed by atoms with Gasteiger partial charge in [0.15, 0.2) is 0 Å². The highest BCUT2D eigenvalue weighted by Gasteiger charge is 2.35. The van der Waals surface area contributed by atoms with Gasteiger partial charge in [-0.3, -0.25) is 9.59 Å². The molecule has 0 bridgehead atoms. The standard InChI is InChI=1S/C15H24N4O3/c1-10-4-11(6-15(2,3)5-10)14(22)16-7-12-8-19(18-17-12)9-13(20)21/h8,10-11H,4-7,9H2,1-3H3,(H,16,22)(H,20,21). The number of amides is 1. The Balaban J connectivity index is 1.87. The summed E-state index contributed by atoms with van der Waals surface area (Å²) >= 11 is 0. The molecule has 0 aliphatic heterocycles. The third-order valence-corrected chi connectivity index (χ3v) is 4.08. The molecule has 2 rings (SSSR count). The first kappa shape index (κ1) is 16.5. The van der Waals surface area contributed by atoms with Gasteiger partial charge in [0.1, 0.15) is 12.2 Å². The number of hydrogen-bond acceptors (Lipinski definition) is 4. The third-order valence-electron chi connectivity index (χ3n) is 4.08. The van der Waals surface area contributed by atoms with Crippen molar-refractivity contribution in [1.29, 1.82) is 0 Å². The summed E-state index contributed by atoms with van der Waals surface area (Å²) in [5, 5.41) is 19.2. The number of carbonyl (C=O) groups is 2. The van der Waals surface area contributed by atoms with E-state index < -0.39 is 5.97 Å². The minimum atomic E-state index is -0.973. The van der Waals surface area contributed by atoms with Crippen LogP contribution in [0.4, 0.5) is 0 Å². The highest BCUT2D eigenvalue weighted by Crippen LogP contribution is 2.41. The van der Waals surface area contributed by atoms with Crippen LogP contribution in [0.25, 0.3) is 0 Å². The maximum atomic E-state index is 12.3. The highest BCUT2D eigenvalue weighted by atomic mass is 16.4. The van der Waals surface area contributed by atoms with Gasteiger partial charge in [-0.2, -0.15) is 0 Å². The Bertz CT molecular complexity index is 553. The quantitative estimate of drug-likeness (QED) is 0.858. The second-order valence-electron chi connectivity index (χ2n) is 7.13. The molecule has 0 spiro atoms. The van der Waals surface area contributed by atoms with E-state index >= 15 is 0 Å². The van der Waals surface area contributed by atoms with Gasteiger partial charge in [0.05, 0.1) is 12.7 Å². The molecule has 1 aliphatic carbocycles. The van der Waals surface area contributed by atoms with Crippen molar-refractivity contribution in [2.45, 2.75) is 53.1 Å². The Hall–Kier alpha value is -1.92. The Labute approximate surface area is 130 Å². The van der Waals surface area contributed by atoms with Gasteiger partial charge in [-0.05, 0) is 30.6 Å². The van der Waals surface area contributed by atoms with Crippen molar-refractivity contribution in [2.75, 3.05) is 0 Å². The first-order valence-corrected chi connectivity index (χ1v) is 7.64. The molecule has 1 fully saturated rings. The predicted molar refractivity (Wildman–Crippen MR) is 79.8 cm³/mol. The number of nitrogens with zero attached hydrogens (tertiary/aromatic N) is 3. The second kappa shape index (κ2) is 6.46. The fourth-order valence-electron chi connectivity index (χ4n) is 3.50. The summed E-state index contributed by atoms with van der Waals surface area (Å²) in [5.41, 5.74) is 0.766. The van der Waals surface area contributed by atoms with E-state index in [-0.39, 0.29) is 30.3 Å². The zero-order valence-electron chi connectivity index (χ0n) is 13.4. The number of carbonyl (C=O) groups excluding carboxylic acids is 1. The van der Waals surface area contributed by atoms with E-state index in [1.165, 1.54) is 4.68 Å². The number of aliphatic carboxylic acids is 1. The minimum absolute atomic E-state index is 0.0350. The lowest BCUT2D eigenvalue weighted by molar-refractivity contribution is -0.138. The minimum Gasteiger partial charge on any atom is -0.480 e. The van der Waals surface area contributed by atoms with Gasteiger partial charge >= 0.3 is 5.97 Å². The van der Waals surface area contributed by atoms with Gasteiger partial charge in [0.2, 0.25) is 5.91 Å². The number of nitrogens with one attached hydrogen (secondary N) is 1. The summed E-state index contributed by atoms with van der Waals surface area (Å²) in [6.45, 7) is 6.67. The number of carboxylic acids is 1. The van der Waals surface area contributed by atoms with E-state index in [1.54, 1.807) is 6.20 Å². The van der Waals surface area contributed by atoms with E-state index in [0.717, 1.165) is 19.3 Å². The average molecular weight is 308 g/mol. The van der Waals surface area contributed by atoms with Crippen LogP contribution in [0.15, 0.2) is 6.20 Å². The van der Waals surface area contributed by atoms with Crippen molar-refractivity contribution in [1.82, 2.24) is 20.3 Å². The van der Waals surface area contributed by atoms with Crippen molar-refractivity contribution < 1.29 is 14.7 Å². The predicted octanol–water partition coefficient (Wildman–Crippen LogP) is 1.44. The van der Waals surface area contributed by atoms with E-state index in [2.05, 4.69) is 36.4 Å². The van der Waals surface area contributed by atoms with Crippen molar-refractivity contribution in [3.63, 3.8) is 0 Å². The first-order chi connectivity index (χ1) is 10.2. The Morgan fingerprint density at radius 2 is 2.18 bits per heavy atom. The summed E-state index contributed by atoms with van der Waals surface area (Å²) in [4.78, 5) is 22.9. The van der Waals surface area contributed by atoms with Crippen LogP contribution in [0.5, 0.6) is 0 Å². The lowest BCUT2D eigenvalue weighted by Crippen LogP contribution is -2.38. The normalized spacial score (nSPS) is 24.0. The average Bonchev–Trinajstić information content (AvgIpc) is 2.80. The second-order valence-corrected chi connectivity index (χ2v) is 7.13. The lowest BCUT2D eigenvalue weighted by atomic mass is 9.68. The van der Waals surface area contributed by atoms with Crippen LogP contribution in [-0.2, 0) is 22.7 Å². The molecule has 1 aromatic rings. The van der Waals surface area contributed by atoms with Gasteiger partial charge in [0.25, 0.3) is 0 Å². The lowest BCUT2D eigenvalue weighted by Gasteiger charge is -2.38. The summed E-state index contributed by atoms with van der Waals surface area (Å²) in [6.07, 6.45) is 4.51. The molecule has 2 N–H and O–H groups in total. The summed E-state index contributed by atoms with van der Waals surface area (Å²) < 4.78 is 1.25. The molecule has 2 atom stereocenters. The molecule has 1 aliphatic rings. The molecule has 1 amide bonds. The summed E-state index contributed by atoms with van der Waals surface area (Å²) in [7, 11) is 0. The summed E-state index contributed by atoms with van der Waals surface area (Å²) in [6, 6.07) is 0. The van der Waals surface area contributed by atoms with Crippen LogP contribution in [-0.4, -0.2) is 32.0 Å². The fraction of sp³-hybridized carbons (Fsp3) is 0.733. The zero-order valence-corrected chi connectivity index (χ0v) is 13.4. The van der Waals surface area contributed by atoms with Gasteiger partial charge in [0, 0.05) is 5.92 Å². The number of aromatic nitrogens is 3. The van der Waals surface area contributed by atoms with Gasteiger partial charge in [-0.25, -0.2) is 4.68 Å². The highest BCUT2D eigenvalue weighted by molar-refractivity contribution is 5.78. The molecule has 0 aromatic carbocycles. The smallest absolute Gasteiger partial charge is 0.325 e. The van der Waals surface area contributed by atoms with E-state index in [4.69, 9.17) is 5.11 Å². The van der Waals surface area contributed by atoms with Crippen LogP contribution < -0.4 is 5.32 Å². The molecule has 7 nitrogen and oxygen atoms in total. The summed E-state index contributed by atoms with van der Waals surface area (Å²) in [5.74, 6) is -0.338. The molecule has 1 heterocycles. The van der Waals surface area contributed by atoms with Crippen LogP contribution in [0, 0.1) is 17.3 Å². The Kier molecular flexibility index (Phi) is 4.83. The van der Waals surface area contributed by atoms with Gasteiger partial charge in [-0.1, -0.05) is 26.0 Å². The van der Waals surface area contributed by atoms with Crippen molar-refractivity contribution in [3.8, 4) is 0 Å². The van der Waals surface area contributed by atoms with Crippen LogP contribution in [0.1, 0.15) is 45.7 Å². The molecule has 0 radical (unpaired) electrons. The van der Waals surface area contributed by atoms with Crippen LogP contribution >= 0.6 is 0 Å². The molecule has 1 aromatic heterocycles. The number of carboxylic acid groups (broad SMARTS) is 1. The Morgan fingerprint density at radius 1 is 1.45 bits per heavy atom. The van der Waals surface area contributed by atoms with E-state index in [0.29, 0.717) is 11.6 Å². The number of rotatable bonds is 5. The molecule has 1 saturated carbocycles. The molecular weight excluding hydrogens is 284 g/mol. The third kappa shape index (κ3) is 4.54. The molecule has 0 saturated heterocycles. The maximum absolute atomic E-state index is 12.3. The molecule has 2 unspecified atom stereocenters. The van der Waals surface area contributed by atoms with Crippen molar-refractivity contribution in [3.05, 3.63) is 11.9 Å². The topological polar surface area (TPSA) is 97.1 Å². The molecule has 22 heavy (non-hydrogen) atoms. The van der Waals surface area contributed by atoms with Crippen LogP contribution in [0.2, 0.25) is 0 Å². The zero-order chi connectivity index (χ0) is 16.3. The van der Waals surface area contributed by atoms with E-state index in [1.807, 2.05) is 0 Å². The van der Waals surface area contributed by atoms with Crippen LogP contribution in [0.3, 0.4) is 0 Å². The van der Waals surface area contributed by atoms with Gasteiger partial charge < -0.3 is 10.4 Å². The Morgan fingerprint density at radius 3 is 2.82 bits per heavy atom. The van der Waals surface area contributed by atoms with Gasteiger partial charge in [-0.15, -0.1) is 5.10 Å². The van der Waals surface area contributed by atoms with E-state index in [9.17, 15) is 9.59 Å². The van der Waals surface area contributed by atoms with Crippen molar-refractivity contribution >= 4 is 11.9 Å². The SMILES string of the molecule is CC1CC(C(=O)NCc2cn(CC(=O)O)nn2)CC(C)(C)C1.